The third-order valence-corrected chi connectivity index (χ3v) is 4.37. The Morgan fingerprint density at radius 1 is 1.19 bits per heavy atom. The summed E-state index contributed by atoms with van der Waals surface area (Å²) < 4.78 is 5.39. The van der Waals surface area contributed by atoms with E-state index in [9.17, 15) is 4.79 Å². The number of rotatable bonds is 3. The lowest BCUT2D eigenvalue weighted by atomic mass is 9.89. The minimum atomic E-state index is 0.101. The lowest BCUT2D eigenvalue weighted by Gasteiger charge is -2.54. The Balaban J connectivity index is 1.53. The van der Waals surface area contributed by atoms with E-state index in [1.54, 1.807) is 6.08 Å². The average Bonchev–Trinajstić information content (AvgIpc) is 2.51. The van der Waals surface area contributed by atoms with E-state index < -0.39 is 0 Å². The summed E-state index contributed by atoms with van der Waals surface area (Å²) in [6, 6.07) is 9.92. The molecule has 0 N–H and O–H groups in total. The van der Waals surface area contributed by atoms with Crippen molar-refractivity contribution in [3.05, 3.63) is 42.0 Å². The van der Waals surface area contributed by atoms with Crippen LogP contribution in [0.5, 0.6) is 0 Å². The quantitative estimate of drug-likeness (QED) is 0.792. The van der Waals surface area contributed by atoms with E-state index >= 15 is 0 Å². The fourth-order valence-corrected chi connectivity index (χ4v) is 3.07. The number of benzene rings is 1. The normalized spacial score (nSPS) is 22.2. The number of amides is 1. The van der Waals surface area contributed by atoms with E-state index in [1.165, 1.54) is 0 Å². The fraction of sp³-hybridized carbons (Fsp3) is 0.471. The standard InChI is InChI=1S/C17H22N2O2/c1-17(19-9-11-21-12-10-19)13-18(14-17)16(20)8-7-15-5-3-2-4-6-15/h2-8H,9-14H2,1H3/b8-7+. The highest BCUT2D eigenvalue weighted by molar-refractivity contribution is 5.92. The van der Waals surface area contributed by atoms with Crippen LogP contribution in [0.3, 0.4) is 0 Å². The molecule has 1 aromatic rings. The van der Waals surface area contributed by atoms with Crippen LogP contribution in [0.25, 0.3) is 6.08 Å². The number of carbonyl (C=O) groups is 1. The molecule has 0 radical (unpaired) electrons. The molecule has 2 fully saturated rings. The molecule has 1 amide bonds. The predicted octanol–water partition coefficient (Wildman–Crippen LogP) is 1.63. The van der Waals surface area contributed by atoms with Gasteiger partial charge in [-0.3, -0.25) is 9.69 Å². The van der Waals surface area contributed by atoms with E-state index in [2.05, 4.69) is 11.8 Å². The molecule has 0 aliphatic carbocycles. The second kappa shape index (κ2) is 6.00. The smallest absolute Gasteiger partial charge is 0.246 e. The van der Waals surface area contributed by atoms with Gasteiger partial charge in [-0.15, -0.1) is 0 Å². The Bertz CT molecular complexity index is 515. The maximum absolute atomic E-state index is 12.2. The van der Waals surface area contributed by atoms with Crippen LogP contribution in [0.15, 0.2) is 36.4 Å². The average molecular weight is 286 g/mol. The first-order valence-electron chi connectivity index (χ1n) is 7.52. The highest BCUT2D eigenvalue weighted by Gasteiger charge is 2.45. The zero-order chi connectivity index (χ0) is 14.7. The van der Waals surface area contributed by atoms with Crippen LogP contribution in [-0.2, 0) is 9.53 Å². The van der Waals surface area contributed by atoms with Crippen molar-refractivity contribution in [2.24, 2.45) is 0 Å². The summed E-state index contributed by atoms with van der Waals surface area (Å²) in [6.07, 6.45) is 3.56. The van der Waals surface area contributed by atoms with Crippen LogP contribution in [0.1, 0.15) is 12.5 Å². The first-order valence-corrected chi connectivity index (χ1v) is 7.52. The third-order valence-electron chi connectivity index (χ3n) is 4.37. The SMILES string of the molecule is CC1(N2CCOCC2)CN(C(=O)/C=C/c2ccccc2)C1. The Hall–Kier alpha value is -1.65. The Morgan fingerprint density at radius 3 is 2.52 bits per heavy atom. The number of ether oxygens (including phenoxy) is 1. The van der Waals surface area contributed by atoms with E-state index in [0.29, 0.717) is 0 Å². The maximum atomic E-state index is 12.2. The van der Waals surface area contributed by atoms with Gasteiger partial charge < -0.3 is 9.64 Å². The molecule has 2 saturated heterocycles. The number of likely N-dealkylation sites (tertiary alicyclic amines) is 1. The first-order chi connectivity index (χ1) is 10.2. The summed E-state index contributed by atoms with van der Waals surface area (Å²) in [5.74, 6) is 0.101. The molecule has 21 heavy (non-hydrogen) atoms. The van der Waals surface area contributed by atoms with E-state index in [-0.39, 0.29) is 11.4 Å². The molecule has 112 valence electrons. The zero-order valence-corrected chi connectivity index (χ0v) is 12.5. The summed E-state index contributed by atoms with van der Waals surface area (Å²) in [5.41, 5.74) is 1.18. The first kappa shape index (κ1) is 14.3. The van der Waals surface area contributed by atoms with Crippen molar-refractivity contribution in [1.29, 1.82) is 0 Å². The summed E-state index contributed by atoms with van der Waals surface area (Å²) in [5, 5.41) is 0. The van der Waals surface area contributed by atoms with Gasteiger partial charge in [0.15, 0.2) is 0 Å². The summed E-state index contributed by atoms with van der Waals surface area (Å²) >= 11 is 0. The number of carbonyl (C=O) groups excluding carboxylic acids is 1. The van der Waals surface area contributed by atoms with Crippen molar-refractivity contribution in [3.63, 3.8) is 0 Å². The molecule has 0 aromatic heterocycles. The molecule has 0 unspecified atom stereocenters. The van der Waals surface area contributed by atoms with Gasteiger partial charge in [-0.2, -0.15) is 0 Å². The second-order valence-electron chi connectivity index (χ2n) is 6.03. The van der Waals surface area contributed by atoms with Crippen molar-refractivity contribution in [2.45, 2.75) is 12.5 Å². The largest absolute Gasteiger partial charge is 0.379 e. The number of hydrogen-bond donors (Lipinski definition) is 0. The molecule has 0 atom stereocenters. The Labute approximate surface area is 126 Å². The molecule has 1 aromatic carbocycles. The summed E-state index contributed by atoms with van der Waals surface area (Å²) in [7, 11) is 0. The van der Waals surface area contributed by atoms with Gasteiger partial charge in [0.1, 0.15) is 0 Å². The van der Waals surface area contributed by atoms with Gasteiger partial charge in [0.05, 0.1) is 18.8 Å². The van der Waals surface area contributed by atoms with Crippen molar-refractivity contribution in [3.8, 4) is 0 Å². The van der Waals surface area contributed by atoms with Gasteiger partial charge in [0, 0.05) is 32.3 Å². The highest BCUT2D eigenvalue weighted by atomic mass is 16.5. The minimum Gasteiger partial charge on any atom is -0.379 e. The van der Waals surface area contributed by atoms with Gasteiger partial charge in [0.25, 0.3) is 0 Å². The van der Waals surface area contributed by atoms with Crippen molar-refractivity contribution in [1.82, 2.24) is 9.80 Å². The van der Waals surface area contributed by atoms with Crippen LogP contribution < -0.4 is 0 Å². The molecule has 2 aliphatic rings. The van der Waals surface area contributed by atoms with Crippen molar-refractivity contribution >= 4 is 12.0 Å². The monoisotopic (exact) mass is 286 g/mol. The number of nitrogens with zero attached hydrogens (tertiary/aromatic N) is 2. The fourth-order valence-electron chi connectivity index (χ4n) is 3.07. The summed E-state index contributed by atoms with van der Waals surface area (Å²) in [4.78, 5) is 16.5. The molecule has 3 rings (SSSR count). The maximum Gasteiger partial charge on any atom is 0.246 e. The van der Waals surface area contributed by atoms with Gasteiger partial charge in [-0.05, 0) is 18.6 Å². The lowest BCUT2D eigenvalue weighted by Crippen LogP contribution is -2.70. The Kier molecular flexibility index (Phi) is 4.08. The second-order valence-corrected chi connectivity index (χ2v) is 6.03. The van der Waals surface area contributed by atoms with Crippen LogP contribution in [0.4, 0.5) is 0 Å². The highest BCUT2D eigenvalue weighted by Crippen LogP contribution is 2.28. The number of morpholine rings is 1. The third kappa shape index (κ3) is 3.17. The van der Waals surface area contributed by atoms with E-state index in [1.807, 2.05) is 41.3 Å². The van der Waals surface area contributed by atoms with Crippen LogP contribution >= 0.6 is 0 Å². The summed E-state index contributed by atoms with van der Waals surface area (Å²) in [6.45, 7) is 7.41. The van der Waals surface area contributed by atoms with Crippen molar-refractivity contribution in [2.75, 3.05) is 39.4 Å². The molecule has 0 bridgehead atoms. The minimum absolute atomic E-state index is 0.101. The lowest BCUT2D eigenvalue weighted by molar-refractivity contribution is -0.143. The van der Waals surface area contributed by atoms with Gasteiger partial charge >= 0.3 is 0 Å². The molecule has 0 spiro atoms. The van der Waals surface area contributed by atoms with Crippen LogP contribution in [0.2, 0.25) is 0 Å². The topological polar surface area (TPSA) is 32.8 Å². The predicted molar refractivity (Wildman–Crippen MR) is 82.9 cm³/mol. The van der Waals surface area contributed by atoms with E-state index in [0.717, 1.165) is 45.0 Å². The van der Waals surface area contributed by atoms with Crippen LogP contribution in [-0.4, -0.2) is 60.6 Å². The van der Waals surface area contributed by atoms with Gasteiger partial charge in [-0.1, -0.05) is 30.3 Å². The van der Waals surface area contributed by atoms with Crippen molar-refractivity contribution < 1.29 is 9.53 Å². The molecule has 2 heterocycles. The molecule has 2 aliphatic heterocycles. The van der Waals surface area contributed by atoms with Gasteiger partial charge in [0.2, 0.25) is 5.91 Å². The molecule has 4 nitrogen and oxygen atoms in total. The van der Waals surface area contributed by atoms with E-state index in [4.69, 9.17) is 4.74 Å². The molecular formula is C17H22N2O2. The molecular weight excluding hydrogens is 264 g/mol. The molecule has 4 heteroatoms. The van der Waals surface area contributed by atoms with Gasteiger partial charge in [-0.25, -0.2) is 0 Å². The molecule has 0 saturated carbocycles. The zero-order valence-electron chi connectivity index (χ0n) is 12.5. The van der Waals surface area contributed by atoms with Crippen LogP contribution in [0, 0.1) is 0 Å². The number of hydrogen-bond acceptors (Lipinski definition) is 3. The Morgan fingerprint density at radius 2 is 1.86 bits per heavy atom.